The van der Waals surface area contributed by atoms with Gasteiger partial charge in [-0.2, -0.15) is 0 Å². The highest BCUT2D eigenvalue weighted by atomic mass is 16.1. The van der Waals surface area contributed by atoms with E-state index in [9.17, 15) is 4.79 Å². The third kappa shape index (κ3) is 6.20. The fraction of sp³-hybridized carbons (Fsp3) is 0.588. The summed E-state index contributed by atoms with van der Waals surface area (Å²) in [4.78, 5) is 12.1. The minimum atomic E-state index is -0.0803. The van der Waals surface area contributed by atoms with E-state index in [2.05, 4.69) is 33.0 Å². The molecule has 0 radical (unpaired) electrons. The minimum Gasteiger partial charge on any atom is -0.349 e. The molecule has 0 aliphatic heterocycles. The summed E-state index contributed by atoms with van der Waals surface area (Å²) in [7, 11) is 0. The van der Waals surface area contributed by atoms with Crippen molar-refractivity contribution >= 4 is 5.91 Å². The lowest BCUT2D eigenvalue weighted by atomic mass is 9.87. The Balaban J connectivity index is 2.52. The number of hydrogen-bond acceptors (Lipinski definition) is 2. The summed E-state index contributed by atoms with van der Waals surface area (Å²) >= 11 is 0. The van der Waals surface area contributed by atoms with Crippen LogP contribution in [-0.4, -0.2) is 11.9 Å². The summed E-state index contributed by atoms with van der Waals surface area (Å²) in [6.07, 6.45) is 2.12. The van der Waals surface area contributed by atoms with Crippen molar-refractivity contribution in [2.45, 2.75) is 59.0 Å². The van der Waals surface area contributed by atoms with Crippen LogP contribution in [0.2, 0.25) is 0 Å². The summed E-state index contributed by atoms with van der Waals surface area (Å²) in [5.74, 6) is 0.0393. The van der Waals surface area contributed by atoms with Crippen LogP contribution in [0.15, 0.2) is 30.3 Å². The fourth-order valence-corrected chi connectivity index (χ4v) is 2.46. The number of carbonyl (C=O) groups excluding carboxylic acids is 1. The summed E-state index contributed by atoms with van der Waals surface area (Å²) in [5, 5.41) is 3.08. The van der Waals surface area contributed by atoms with Crippen LogP contribution in [0.3, 0.4) is 0 Å². The number of hydrogen-bond donors (Lipinski definition) is 2. The first kappa shape index (κ1) is 16.7. The van der Waals surface area contributed by atoms with Crippen LogP contribution in [0.1, 0.15) is 58.6 Å². The van der Waals surface area contributed by atoms with Gasteiger partial charge in [0, 0.05) is 12.5 Å². The number of nitrogens with one attached hydrogen (secondary N) is 1. The summed E-state index contributed by atoms with van der Waals surface area (Å²) in [6, 6.07) is 10.1. The van der Waals surface area contributed by atoms with Crippen LogP contribution in [0.5, 0.6) is 0 Å². The van der Waals surface area contributed by atoms with Crippen molar-refractivity contribution in [3.05, 3.63) is 35.9 Å². The number of carbonyl (C=O) groups is 1. The fourth-order valence-electron chi connectivity index (χ4n) is 2.46. The quantitative estimate of drug-likeness (QED) is 0.836. The third-order valence-electron chi connectivity index (χ3n) is 3.27. The Morgan fingerprint density at radius 1 is 1.25 bits per heavy atom. The molecule has 2 unspecified atom stereocenters. The smallest absolute Gasteiger partial charge is 0.222 e. The van der Waals surface area contributed by atoms with Gasteiger partial charge in [0.05, 0.1) is 6.04 Å². The molecule has 0 saturated carbocycles. The van der Waals surface area contributed by atoms with E-state index in [1.807, 2.05) is 30.3 Å². The highest BCUT2D eigenvalue weighted by Gasteiger charge is 2.19. The molecule has 2 atom stereocenters. The van der Waals surface area contributed by atoms with Gasteiger partial charge in [0.1, 0.15) is 0 Å². The van der Waals surface area contributed by atoms with E-state index in [0.29, 0.717) is 6.42 Å². The van der Waals surface area contributed by atoms with Gasteiger partial charge in [-0.15, -0.1) is 0 Å². The molecule has 1 rings (SSSR count). The number of amides is 1. The van der Waals surface area contributed by atoms with Crippen LogP contribution in [0.25, 0.3) is 0 Å². The maximum atomic E-state index is 12.1. The summed E-state index contributed by atoms with van der Waals surface area (Å²) < 4.78 is 0. The molecular formula is C17H28N2O. The molecule has 0 bridgehead atoms. The van der Waals surface area contributed by atoms with Crippen molar-refractivity contribution in [2.24, 2.45) is 11.1 Å². The average Bonchev–Trinajstić information content (AvgIpc) is 2.34. The van der Waals surface area contributed by atoms with Crippen molar-refractivity contribution in [3.8, 4) is 0 Å². The second-order valence-corrected chi connectivity index (χ2v) is 6.67. The van der Waals surface area contributed by atoms with E-state index < -0.39 is 0 Å². The molecule has 1 aromatic rings. The van der Waals surface area contributed by atoms with Gasteiger partial charge in [0.25, 0.3) is 0 Å². The molecule has 0 fully saturated rings. The Bertz CT molecular complexity index is 409. The van der Waals surface area contributed by atoms with Crippen LogP contribution < -0.4 is 11.1 Å². The second-order valence-electron chi connectivity index (χ2n) is 6.67. The van der Waals surface area contributed by atoms with Gasteiger partial charge in [0.2, 0.25) is 5.91 Å². The topological polar surface area (TPSA) is 55.1 Å². The monoisotopic (exact) mass is 276 g/mol. The van der Waals surface area contributed by atoms with E-state index in [4.69, 9.17) is 5.73 Å². The van der Waals surface area contributed by atoms with Crippen molar-refractivity contribution in [1.82, 2.24) is 5.32 Å². The lowest BCUT2D eigenvalue weighted by Crippen LogP contribution is -2.35. The Morgan fingerprint density at radius 2 is 1.85 bits per heavy atom. The van der Waals surface area contributed by atoms with Gasteiger partial charge in [-0.05, 0) is 23.8 Å². The molecule has 0 heterocycles. The van der Waals surface area contributed by atoms with Gasteiger partial charge in [-0.25, -0.2) is 0 Å². The lowest BCUT2D eigenvalue weighted by Gasteiger charge is -2.24. The number of nitrogens with two attached hydrogens (primary N) is 1. The molecule has 3 heteroatoms. The van der Waals surface area contributed by atoms with Crippen molar-refractivity contribution in [3.63, 3.8) is 0 Å². The first-order valence-electron chi connectivity index (χ1n) is 7.41. The molecule has 0 spiro atoms. The number of benzene rings is 1. The van der Waals surface area contributed by atoms with E-state index in [1.54, 1.807) is 0 Å². The van der Waals surface area contributed by atoms with Gasteiger partial charge in [-0.1, -0.05) is 58.0 Å². The zero-order chi connectivity index (χ0) is 15.2. The van der Waals surface area contributed by atoms with E-state index >= 15 is 0 Å². The first-order valence-corrected chi connectivity index (χ1v) is 7.41. The van der Waals surface area contributed by atoms with Crippen molar-refractivity contribution in [1.29, 1.82) is 0 Å². The largest absolute Gasteiger partial charge is 0.349 e. The van der Waals surface area contributed by atoms with Gasteiger partial charge < -0.3 is 11.1 Å². The molecule has 1 aromatic carbocycles. The normalized spacial score (nSPS) is 14.7. The summed E-state index contributed by atoms with van der Waals surface area (Å²) in [6.45, 7) is 8.50. The standard InChI is InChI=1S/C17H28N2O/c1-5-15(13-9-7-6-8-10-13)19-16(20)11-14(18)12-17(2,3)4/h6-10,14-15H,5,11-12,18H2,1-4H3,(H,19,20). The highest BCUT2D eigenvalue weighted by molar-refractivity contribution is 5.77. The zero-order valence-electron chi connectivity index (χ0n) is 13.1. The van der Waals surface area contributed by atoms with Crippen molar-refractivity contribution in [2.75, 3.05) is 0 Å². The van der Waals surface area contributed by atoms with Crippen LogP contribution in [0.4, 0.5) is 0 Å². The van der Waals surface area contributed by atoms with Gasteiger partial charge in [0.15, 0.2) is 0 Å². The predicted octanol–water partition coefficient (Wildman–Crippen LogP) is 3.41. The molecule has 112 valence electrons. The average molecular weight is 276 g/mol. The minimum absolute atomic E-state index is 0.0393. The van der Waals surface area contributed by atoms with Crippen molar-refractivity contribution < 1.29 is 4.79 Å². The maximum absolute atomic E-state index is 12.1. The van der Waals surface area contributed by atoms with Crippen LogP contribution in [0, 0.1) is 5.41 Å². The predicted molar refractivity (Wildman–Crippen MR) is 84.3 cm³/mol. The van der Waals surface area contributed by atoms with Crippen LogP contribution >= 0.6 is 0 Å². The lowest BCUT2D eigenvalue weighted by molar-refractivity contribution is -0.122. The highest BCUT2D eigenvalue weighted by Crippen LogP contribution is 2.21. The molecule has 0 aliphatic carbocycles. The molecule has 0 aromatic heterocycles. The SMILES string of the molecule is CCC(NC(=O)CC(N)CC(C)(C)C)c1ccccc1. The van der Waals surface area contributed by atoms with Crippen LogP contribution in [-0.2, 0) is 4.79 Å². The number of rotatable bonds is 6. The second kappa shape index (κ2) is 7.44. The van der Waals surface area contributed by atoms with E-state index in [1.165, 1.54) is 0 Å². The third-order valence-corrected chi connectivity index (χ3v) is 3.27. The Morgan fingerprint density at radius 3 is 2.35 bits per heavy atom. The molecular weight excluding hydrogens is 248 g/mol. The summed E-state index contributed by atoms with van der Waals surface area (Å²) in [5.41, 5.74) is 7.36. The molecule has 3 nitrogen and oxygen atoms in total. The van der Waals surface area contributed by atoms with Gasteiger partial charge >= 0.3 is 0 Å². The molecule has 3 N–H and O–H groups in total. The van der Waals surface area contributed by atoms with E-state index in [0.717, 1.165) is 18.4 Å². The molecule has 1 amide bonds. The zero-order valence-corrected chi connectivity index (χ0v) is 13.1. The van der Waals surface area contributed by atoms with E-state index in [-0.39, 0.29) is 23.4 Å². The van der Waals surface area contributed by atoms with Gasteiger partial charge in [-0.3, -0.25) is 4.79 Å². The molecule has 0 saturated heterocycles. The Hall–Kier alpha value is -1.35. The first-order chi connectivity index (χ1) is 9.31. The maximum Gasteiger partial charge on any atom is 0.222 e. The Kier molecular flexibility index (Phi) is 6.21. The Labute approximate surface area is 122 Å². The molecule has 0 aliphatic rings. The molecule has 20 heavy (non-hydrogen) atoms.